The van der Waals surface area contributed by atoms with Crippen molar-refractivity contribution in [3.05, 3.63) is 76.6 Å². The summed E-state index contributed by atoms with van der Waals surface area (Å²) in [6.07, 6.45) is -0.123. The summed E-state index contributed by atoms with van der Waals surface area (Å²) in [5.74, 6) is -1.46. The van der Waals surface area contributed by atoms with E-state index in [1.54, 1.807) is 24.3 Å². The summed E-state index contributed by atoms with van der Waals surface area (Å²) in [7, 11) is 0. The van der Waals surface area contributed by atoms with Crippen molar-refractivity contribution in [1.29, 1.82) is 0 Å². The van der Waals surface area contributed by atoms with Crippen LogP contribution in [0.15, 0.2) is 65.5 Å². The predicted octanol–water partition coefficient (Wildman–Crippen LogP) is 2.58. The molecular formula is C20H17N5O3. The zero-order chi connectivity index (χ0) is 19.5. The number of aromatic amines is 1. The van der Waals surface area contributed by atoms with Crippen molar-refractivity contribution in [2.24, 2.45) is 0 Å². The maximum absolute atomic E-state index is 12.7. The summed E-state index contributed by atoms with van der Waals surface area (Å²) in [6.45, 7) is 0. The molecule has 0 radical (unpaired) electrons. The molecule has 0 saturated heterocycles. The van der Waals surface area contributed by atoms with Crippen LogP contribution in [0.4, 0.5) is 23.1 Å². The minimum Gasteiger partial charge on any atom is -0.326 e. The number of carbonyl (C=O) groups is 2. The van der Waals surface area contributed by atoms with Crippen LogP contribution in [0.1, 0.15) is 17.9 Å². The van der Waals surface area contributed by atoms with E-state index in [2.05, 4.69) is 25.9 Å². The van der Waals surface area contributed by atoms with Gasteiger partial charge in [-0.15, -0.1) is 0 Å². The van der Waals surface area contributed by atoms with Crippen LogP contribution in [0.3, 0.4) is 0 Å². The van der Waals surface area contributed by atoms with Crippen molar-refractivity contribution in [3.63, 3.8) is 0 Å². The Balaban J connectivity index is 1.65. The summed E-state index contributed by atoms with van der Waals surface area (Å²) in [4.78, 5) is 44.4. The Bertz CT molecular complexity index is 1080. The van der Waals surface area contributed by atoms with E-state index in [4.69, 9.17) is 0 Å². The minimum absolute atomic E-state index is 0.0895. The molecule has 0 saturated carbocycles. The molecule has 2 aromatic carbocycles. The van der Waals surface area contributed by atoms with Crippen molar-refractivity contribution in [3.8, 4) is 0 Å². The largest absolute Gasteiger partial charge is 0.326 e. The lowest BCUT2D eigenvalue weighted by Gasteiger charge is -2.23. The van der Waals surface area contributed by atoms with Crippen LogP contribution in [0, 0.1) is 0 Å². The van der Waals surface area contributed by atoms with E-state index in [0.717, 1.165) is 5.69 Å². The molecule has 2 amide bonds. The molecular weight excluding hydrogens is 358 g/mol. The molecule has 1 atom stereocenters. The molecule has 4 N–H and O–H groups in total. The Kier molecular flexibility index (Phi) is 4.59. The lowest BCUT2D eigenvalue weighted by molar-refractivity contribution is -0.123. The minimum atomic E-state index is -0.925. The van der Waals surface area contributed by atoms with E-state index in [1.807, 2.05) is 36.4 Å². The number of nitrogens with zero attached hydrogens (tertiary/aromatic N) is 1. The maximum Gasteiger partial charge on any atom is 0.258 e. The number of rotatable bonds is 4. The summed E-state index contributed by atoms with van der Waals surface area (Å²) in [6, 6.07) is 18.0. The summed E-state index contributed by atoms with van der Waals surface area (Å²) >= 11 is 0. The van der Waals surface area contributed by atoms with Crippen LogP contribution in [-0.2, 0) is 9.59 Å². The Morgan fingerprint density at radius 1 is 0.964 bits per heavy atom. The van der Waals surface area contributed by atoms with E-state index in [1.165, 1.54) is 0 Å². The van der Waals surface area contributed by atoms with Gasteiger partial charge < -0.3 is 16.0 Å². The Hall–Kier alpha value is -3.94. The quantitative estimate of drug-likeness (QED) is 0.559. The van der Waals surface area contributed by atoms with Crippen molar-refractivity contribution in [2.75, 3.05) is 16.0 Å². The van der Waals surface area contributed by atoms with Crippen LogP contribution in [0.5, 0.6) is 0 Å². The number of hydrogen-bond acceptors (Lipinski definition) is 5. The number of aromatic nitrogens is 2. The number of benzene rings is 2. The van der Waals surface area contributed by atoms with Crippen LogP contribution in [-0.4, -0.2) is 21.8 Å². The molecule has 3 aromatic rings. The van der Waals surface area contributed by atoms with E-state index >= 15 is 0 Å². The van der Waals surface area contributed by atoms with Crippen LogP contribution in [0.2, 0.25) is 0 Å². The fourth-order valence-corrected chi connectivity index (χ4v) is 3.06. The first kappa shape index (κ1) is 17.5. The molecule has 140 valence electrons. The highest BCUT2D eigenvalue weighted by molar-refractivity contribution is 6.04. The van der Waals surface area contributed by atoms with Crippen LogP contribution < -0.4 is 21.5 Å². The van der Waals surface area contributed by atoms with Gasteiger partial charge in [0.25, 0.3) is 5.56 Å². The number of H-pyrrole nitrogens is 1. The summed E-state index contributed by atoms with van der Waals surface area (Å²) in [5.41, 5.74) is 0.987. The third-order valence-electron chi connectivity index (χ3n) is 4.35. The lowest BCUT2D eigenvalue weighted by Crippen LogP contribution is -2.36. The van der Waals surface area contributed by atoms with E-state index in [-0.39, 0.29) is 29.7 Å². The zero-order valence-electron chi connectivity index (χ0n) is 14.7. The molecule has 8 heteroatoms. The van der Waals surface area contributed by atoms with Gasteiger partial charge in [0.15, 0.2) is 0 Å². The molecule has 4 rings (SSSR count). The molecule has 28 heavy (non-hydrogen) atoms. The standard InChI is InChI=1S/C20H17N5O3/c26-15-11-14(18(27)21-12-7-3-1-4-8-12)16-17(23-15)24-20(25-19(16)28)22-13-9-5-2-6-10-13/h1-10,14H,11H2,(H,21,27)(H3,22,23,24,25,26,28). The number of hydrogen-bond donors (Lipinski definition) is 4. The average molecular weight is 375 g/mol. The van der Waals surface area contributed by atoms with Crippen molar-refractivity contribution < 1.29 is 9.59 Å². The van der Waals surface area contributed by atoms with Gasteiger partial charge in [0.1, 0.15) is 5.82 Å². The number of carbonyl (C=O) groups excluding carboxylic acids is 2. The fourth-order valence-electron chi connectivity index (χ4n) is 3.06. The van der Waals surface area contributed by atoms with E-state index in [0.29, 0.717) is 5.69 Å². The number of para-hydroxylation sites is 2. The molecule has 1 aliphatic rings. The van der Waals surface area contributed by atoms with Gasteiger partial charge in [0.05, 0.1) is 11.5 Å². The predicted molar refractivity (Wildman–Crippen MR) is 106 cm³/mol. The van der Waals surface area contributed by atoms with E-state index in [9.17, 15) is 14.4 Å². The lowest BCUT2D eigenvalue weighted by atomic mass is 9.92. The topological polar surface area (TPSA) is 116 Å². The Morgan fingerprint density at radius 2 is 1.61 bits per heavy atom. The van der Waals surface area contributed by atoms with Gasteiger partial charge in [-0.3, -0.25) is 19.4 Å². The normalized spacial score (nSPS) is 15.3. The second kappa shape index (κ2) is 7.36. The molecule has 0 fully saturated rings. The second-order valence-corrected chi connectivity index (χ2v) is 6.33. The molecule has 0 spiro atoms. The highest BCUT2D eigenvalue weighted by Crippen LogP contribution is 2.30. The third-order valence-corrected chi connectivity index (χ3v) is 4.35. The summed E-state index contributed by atoms with van der Waals surface area (Å²) in [5, 5.41) is 8.30. The van der Waals surface area contributed by atoms with Gasteiger partial charge in [-0.2, -0.15) is 4.98 Å². The van der Waals surface area contributed by atoms with Gasteiger partial charge in [-0.1, -0.05) is 36.4 Å². The van der Waals surface area contributed by atoms with Gasteiger partial charge in [-0.05, 0) is 24.3 Å². The monoisotopic (exact) mass is 375 g/mol. The molecule has 1 aliphatic heterocycles. The first-order chi connectivity index (χ1) is 13.6. The highest BCUT2D eigenvalue weighted by Gasteiger charge is 2.34. The molecule has 0 bridgehead atoms. The fraction of sp³-hybridized carbons (Fsp3) is 0.100. The molecule has 1 unspecified atom stereocenters. The van der Waals surface area contributed by atoms with Gasteiger partial charge in [-0.25, -0.2) is 0 Å². The van der Waals surface area contributed by atoms with Gasteiger partial charge in [0, 0.05) is 17.8 Å². The Morgan fingerprint density at radius 3 is 2.29 bits per heavy atom. The smallest absolute Gasteiger partial charge is 0.258 e. The van der Waals surface area contributed by atoms with Crippen LogP contribution in [0.25, 0.3) is 0 Å². The highest BCUT2D eigenvalue weighted by atomic mass is 16.2. The molecule has 8 nitrogen and oxygen atoms in total. The number of nitrogens with one attached hydrogen (secondary N) is 4. The molecule has 0 aliphatic carbocycles. The second-order valence-electron chi connectivity index (χ2n) is 6.33. The molecule has 2 heterocycles. The van der Waals surface area contributed by atoms with Crippen molar-refractivity contribution in [1.82, 2.24) is 9.97 Å². The zero-order valence-corrected chi connectivity index (χ0v) is 14.7. The first-order valence-electron chi connectivity index (χ1n) is 8.72. The summed E-state index contributed by atoms with van der Waals surface area (Å²) < 4.78 is 0. The number of anilines is 4. The Labute approximate surface area is 160 Å². The maximum atomic E-state index is 12.7. The van der Waals surface area contributed by atoms with Gasteiger partial charge >= 0.3 is 0 Å². The van der Waals surface area contributed by atoms with Crippen molar-refractivity contribution in [2.45, 2.75) is 12.3 Å². The molecule has 1 aromatic heterocycles. The first-order valence-corrected chi connectivity index (χ1v) is 8.72. The van der Waals surface area contributed by atoms with Crippen molar-refractivity contribution >= 4 is 35.0 Å². The number of fused-ring (bicyclic) bond motifs is 1. The number of amides is 2. The van der Waals surface area contributed by atoms with Gasteiger partial charge in [0.2, 0.25) is 17.8 Å². The van der Waals surface area contributed by atoms with Crippen LogP contribution >= 0.6 is 0 Å². The SMILES string of the molecule is O=C1CC(C(=O)Nc2ccccc2)c2c(nc(Nc3ccccc3)[nH]c2=O)N1. The third kappa shape index (κ3) is 3.61. The average Bonchev–Trinajstić information content (AvgIpc) is 2.68. The van der Waals surface area contributed by atoms with E-state index < -0.39 is 17.4 Å².